The van der Waals surface area contributed by atoms with Crippen LogP contribution in [-0.2, 0) is 6.42 Å². The lowest BCUT2D eigenvalue weighted by Gasteiger charge is -2.35. The van der Waals surface area contributed by atoms with Crippen LogP contribution in [0.2, 0.25) is 0 Å². The summed E-state index contributed by atoms with van der Waals surface area (Å²) in [5, 5.41) is 11.3. The highest BCUT2D eigenvalue weighted by molar-refractivity contribution is 6.07. The SMILES string of the molecule is COc1cc2c(cc1O)CCN(C(=O)c1oc(=O)c3ccccc3c1-c1ccccc1)C2C. The van der Waals surface area contributed by atoms with Gasteiger partial charge in [0.1, 0.15) is 0 Å². The molecule has 0 saturated carbocycles. The molecule has 6 nitrogen and oxygen atoms in total. The molecule has 6 heteroatoms. The van der Waals surface area contributed by atoms with E-state index in [1.165, 1.54) is 7.11 Å². The molecule has 1 aromatic heterocycles. The Balaban J connectivity index is 1.66. The normalized spacial score (nSPS) is 15.3. The molecule has 33 heavy (non-hydrogen) atoms. The quantitative estimate of drug-likeness (QED) is 0.487. The van der Waals surface area contributed by atoms with E-state index in [1.807, 2.05) is 49.4 Å². The average molecular weight is 441 g/mol. The second-order valence-corrected chi connectivity index (χ2v) is 8.15. The van der Waals surface area contributed by atoms with Gasteiger partial charge in [0.15, 0.2) is 11.5 Å². The largest absolute Gasteiger partial charge is 0.504 e. The second-order valence-electron chi connectivity index (χ2n) is 8.15. The maximum atomic E-state index is 13.8. The molecule has 4 aromatic rings. The maximum absolute atomic E-state index is 13.8. The van der Waals surface area contributed by atoms with Crippen LogP contribution in [0.3, 0.4) is 0 Å². The Morgan fingerprint density at radius 1 is 1.06 bits per heavy atom. The van der Waals surface area contributed by atoms with Crippen LogP contribution < -0.4 is 10.4 Å². The van der Waals surface area contributed by atoms with Gasteiger partial charge in [-0.25, -0.2) is 4.79 Å². The van der Waals surface area contributed by atoms with E-state index in [0.29, 0.717) is 35.1 Å². The van der Waals surface area contributed by atoms with Gasteiger partial charge in [-0.1, -0.05) is 48.5 Å². The van der Waals surface area contributed by atoms with Crippen molar-refractivity contribution in [2.75, 3.05) is 13.7 Å². The van der Waals surface area contributed by atoms with Gasteiger partial charge in [0.25, 0.3) is 5.91 Å². The van der Waals surface area contributed by atoms with Crippen LogP contribution in [0.4, 0.5) is 0 Å². The third-order valence-corrected chi connectivity index (χ3v) is 6.34. The van der Waals surface area contributed by atoms with E-state index < -0.39 is 5.63 Å². The molecule has 5 rings (SSSR count). The Kier molecular flexibility index (Phi) is 5.13. The van der Waals surface area contributed by atoms with E-state index in [9.17, 15) is 14.7 Å². The molecule has 0 spiro atoms. The van der Waals surface area contributed by atoms with Crippen LogP contribution in [0.1, 0.15) is 34.6 Å². The number of hydrogen-bond acceptors (Lipinski definition) is 5. The minimum absolute atomic E-state index is 0.0333. The molecule has 0 saturated heterocycles. The summed E-state index contributed by atoms with van der Waals surface area (Å²) in [7, 11) is 1.49. The predicted octanol–water partition coefficient (Wildman–Crippen LogP) is 4.93. The number of amides is 1. The monoisotopic (exact) mass is 441 g/mol. The molecule has 0 aliphatic carbocycles. The topological polar surface area (TPSA) is 80.0 Å². The molecule has 1 N–H and O–H groups in total. The molecular formula is C27H23NO5. The number of ether oxygens (including phenoxy) is 1. The summed E-state index contributed by atoms with van der Waals surface area (Å²) in [6, 6.07) is 19.8. The smallest absolute Gasteiger partial charge is 0.344 e. The van der Waals surface area contributed by atoms with Gasteiger partial charge in [-0.3, -0.25) is 4.79 Å². The number of carbonyl (C=O) groups excluding carboxylic acids is 1. The van der Waals surface area contributed by atoms with E-state index in [2.05, 4.69) is 0 Å². The van der Waals surface area contributed by atoms with Crippen molar-refractivity contribution in [1.29, 1.82) is 0 Å². The number of methoxy groups -OCH3 is 1. The number of aromatic hydroxyl groups is 1. The molecule has 0 bridgehead atoms. The van der Waals surface area contributed by atoms with Gasteiger partial charge in [0.05, 0.1) is 18.5 Å². The zero-order chi connectivity index (χ0) is 23.1. The zero-order valence-corrected chi connectivity index (χ0v) is 18.4. The fourth-order valence-electron chi connectivity index (χ4n) is 4.65. The Bertz CT molecular complexity index is 1420. The number of fused-ring (bicyclic) bond motifs is 2. The van der Waals surface area contributed by atoms with E-state index in [0.717, 1.165) is 16.7 Å². The number of nitrogens with zero attached hydrogens (tertiary/aromatic N) is 1. The Morgan fingerprint density at radius 2 is 1.76 bits per heavy atom. The van der Waals surface area contributed by atoms with Gasteiger partial charge < -0.3 is 19.2 Å². The second kappa shape index (κ2) is 8.13. The molecule has 2 heterocycles. The first-order chi connectivity index (χ1) is 16.0. The van der Waals surface area contributed by atoms with Crippen LogP contribution in [0, 0.1) is 0 Å². The lowest BCUT2D eigenvalue weighted by atomic mass is 9.91. The molecule has 3 aromatic carbocycles. The fraction of sp³-hybridized carbons (Fsp3) is 0.185. The number of benzene rings is 3. The fourth-order valence-corrected chi connectivity index (χ4v) is 4.65. The van der Waals surface area contributed by atoms with Gasteiger partial charge in [-0.2, -0.15) is 0 Å². The van der Waals surface area contributed by atoms with Crippen molar-refractivity contribution in [1.82, 2.24) is 4.90 Å². The molecular weight excluding hydrogens is 418 g/mol. The summed E-state index contributed by atoms with van der Waals surface area (Å²) >= 11 is 0. The highest BCUT2D eigenvalue weighted by atomic mass is 16.5. The highest BCUT2D eigenvalue weighted by Gasteiger charge is 2.33. The Hall–Kier alpha value is -4.06. The zero-order valence-electron chi connectivity index (χ0n) is 18.4. The van der Waals surface area contributed by atoms with Crippen molar-refractivity contribution in [3.8, 4) is 22.6 Å². The van der Waals surface area contributed by atoms with Crippen LogP contribution in [0.25, 0.3) is 21.9 Å². The van der Waals surface area contributed by atoms with Crippen molar-refractivity contribution < 1.29 is 19.1 Å². The third-order valence-electron chi connectivity index (χ3n) is 6.34. The Labute approximate surface area is 190 Å². The van der Waals surface area contributed by atoms with E-state index in [4.69, 9.17) is 9.15 Å². The summed E-state index contributed by atoms with van der Waals surface area (Å²) < 4.78 is 10.9. The standard InChI is InChI=1S/C27H23NO5/c1-16-21-15-23(32-2)22(29)14-18(21)12-13-28(16)26(30)25-24(17-8-4-3-5-9-17)19-10-6-7-11-20(19)27(31)33-25/h3-11,14-16,29H,12-13H2,1-2H3. The number of phenols is 1. The number of carbonyl (C=O) groups is 1. The Morgan fingerprint density at radius 3 is 2.48 bits per heavy atom. The summed E-state index contributed by atoms with van der Waals surface area (Å²) in [6.07, 6.45) is 0.571. The molecule has 1 aliphatic rings. The van der Waals surface area contributed by atoms with Crippen molar-refractivity contribution in [2.24, 2.45) is 0 Å². The average Bonchev–Trinajstić information content (AvgIpc) is 2.84. The number of hydrogen-bond donors (Lipinski definition) is 1. The maximum Gasteiger partial charge on any atom is 0.344 e. The lowest BCUT2D eigenvalue weighted by Crippen LogP contribution is -2.39. The number of rotatable bonds is 3. The minimum atomic E-state index is -0.537. The van der Waals surface area contributed by atoms with Gasteiger partial charge in [0, 0.05) is 17.5 Å². The van der Waals surface area contributed by atoms with Crippen molar-refractivity contribution >= 4 is 16.7 Å². The minimum Gasteiger partial charge on any atom is -0.504 e. The third kappa shape index (κ3) is 3.44. The van der Waals surface area contributed by atoms with Crippen molar-refractivity contribution in [2.45, 2.75) is 19.4 Å². The molecule has 1 atom stereocenters. The van der Waals surface area contributed by atoms with Crippen LogP contribution >= 0.6 is 0 Å². The van der Waals surface area contributed by atoms with E-state index in [-0.39, 0.29) is 23.5 Å². The summed E-state index contributed by atoms with van der Waals surface area (Å²) in [5.74, 6) is 0.125. The molecule has 1 aliphatic heterocycles. The molecule has 0 fully saturated rings. The predicted molar refractivity (Wildman–Crippen MR) is 126 cm³/mol. The first-order valence-electron chi connectivity index (χ1n) is 10.8. The lowest BCUT2D eigenvalue weighted by molar-refractivity contribution is 0.0641. The summed E-state index contributed by atoms with van der Waals surface area (Å²) in [5.41, 5.74) is 2.74. The first-order valence-corrected chi connectivity index (χ1v) is 10.8. The van der Waals surface area contributed by atoms with Gasteiger partial charge >= 0.3 is 5.63 Å². The molecule has 166 valence electrons. The molecule has 1 unspecified atom stereocenters. The molecule has 0 radical (unpaired) electrons. The van der Waals surface area contributed by atoms with Gasteiger partial charge in [-0.15, -0.1) is 0 Å². The van der Waals surface area contributed by atoms with E-state index >= 15 is 0 Å². The number of phenolic OH excluding ortho intramolecular Hbond substituents is 1. The summed E-state index contributed by atoms with van der Waals surface area (Å²) in [4.78, 5) is 28.3. The van der Waals surface area contributed by atoms with Crippen molar-refractivity contribution in [3.05, 3.63) is 94.0 Å². The first kappa shape index (κ1) is 20.8. The van der Waals surface area contributed by atoms with Crippen LogP contribution in [0.15, 0.2) is 75.9 Å². The van der Waals surface area contributed by atoms with Crippen LogP contribution in [0.5, 0.6) is 11.5 Å². The highest BCUT2D eigenvalue weighted by Crippen LogP contribution is 2.39. The molecule has 1 amide bonds. The summed E-state index contributed by atoms with van der Waals surface area (Å²) in [6.45, 7) is 2.36. The van der Waals surface area contributed by atoms with Gasteiger partial charge in [0.2, 0.25) is 5.76 Å². The van der Waals surface area contributed by atoms with E-state index in [1.54, 1.807) is 29.2 Å². The van der Waals surface area contributed by atoms with Gasteiger partial charge in [-0.05, 0) is 48.2 Å². The van der Waals surface area contributed by atoms with Crippen molar-refractivity contribution in [3.63, 3.8) is 0 Å². The van der Waals surface area contributed by atoms with Crippen LogP contribution in [-0.4, -0.2) is 29.6 Å².